The third-order valence-electron chi connectivity index (χ3n) is 5.26. The van der Waals surface area contributed by atoms with E-state index in [0.717, 1.165) is 12.8 Å². The van der Waals surface area contributed by atoms with Crippen LogP contribution < -0.4 is 10.6 Å². The fourth-order valence-corrected chi connectivity index (χ4v) is 3.45. The Kier molecular flexibility index (Phi) is 26.9. The van der Waals surface area contributed by atoms with E-state index in [1.807, 2.05) is 20.8 Å². The van der Waals surface area contributed by atoms with Gasteiger partial charge in [-0.2, -0.15) is 0 Å². The number of amides is 1. The highest BCUT2D eigenvalue weighted by Gasteiger charge is 2.16. The van der Waals surface area contributed by atoms with E-state index in [0.29, 0.717) is 13.0 Å². The Morgan fingerprint density at radius 3 is 1.47 bits per heavy atom. The van der Waals surface area contributed by atoms with E-state index in [4.69, 9.17) is 5.11 Å². The largest absolute Gasteiger partial charge is 0.480 e. The zero-order chi connectivity index (χ0) is 22.9. The normalized spacial score (nSPS) is 11.5. The third kappa shape index (κ3) is 23.2. The van der Waals surface area contributed by atoms with Gasteiger partial charge in [0.15, 0.2) is 0 Å². The summed E-state index contributed by atoms with van der Waals surface area (Å²) in [6.45, 7) is 8.85. The van der Waals surface area contributed by atoms with Crippen molar-refractivity contribution in [3.63, 3.8) is 0 Å². The Bertz CT molecular complexity index is 375. The smallest absolute Gasteiger partial charge is 0.322 e. The maximum Gasteiger partial charge on any atom is 0.322 e. The molecule has 0 radical (unpaired) electrons. The van der Waals surface area contributed by atoms with Crippen molar-refractivity contribution in [2.75, 3.05) is 13.1 Å². The first-order chi connectivity index (χ1) is 14.6. The highest BCUT2D eigenvalue weighted by Crippen LogP contribution is 2.13. The number of carbonyl (C=O) groups is 2. The summed E-state index contributed by atoms with van der Waals surface area (Å²) in [5, 5.41) is 14.6. The zero-order valence-corrected chi connectivity index (χ0v) is 20.6. The van der Waals surface area contributed by atoms with Gasteiger partial charge in [0.1, 0.15) is 6.04 Å². The number of rotatable bonds is 21. The molecule has 1 unspecified atom stereocenters. The first kappa shape index (κ1) is 31.1. The Balaban J connectivity index is 0. The first-order valence-corrected chi connectivity index (χ1v) is 12.8. The number of likely N-dealkylation sites (N-methyl/N-ethyl adjacent to an activating group) is 1. The molecule has 0 aliphatic carbocycles. The molecule has 0 fully saturated rings. The van der Waals surface area contributed by atoms with Crippen LogP contribution in [0.1, 0.15) is 130 Å². The molecule has 1 atom stereocenters. The summed E-state index contributed by atoms with van der Waals surface area (Å²) in [4.78, 5) is 22.8. The summed E-state index contributed by atoms with van der Waals surface area (Å²) in [5.41, 5.74) is 0. The van der Waals surface area contributed by atoms with Crippen LogP contribution in [0.3, 0.4) is 0 Å². The van der Waals surface area contributed by atoms with Gasteiger partial charge in [0.25, 0.3) is 0 Å². The molecule has 5 heteroatoms. The van der Waals surface area contributed by atoms with Crippen LogP contribution in [-0.2, 0) is 9.59 Å². The van der Waals surface area contributed by atoms with Crippen LogP contribution in [0.5, 0.6) is 0 Å². The number of hydrogen-bond acceptors (Lipinski definition) is 3. The van der Waals surface area contributed by atoms with Crippen molar-refractivity contribution < 1.29 is 14.7 Å². The minimum Gasteiger partial charge on any atom is -0.480 e. The second-order valence-electron chi connectivity index (χ2n) is 7.95. The molecule has 180 valence electrons. The van der Waals surface area contributed by atoms with Gasteiger partial charge in [-0.25, -0.2) is 0 Å². The van der Waals surface area contributed by atoms with E-state index in [-0.39, 0.29) is 12.5 Å². The number of hydrogen-bond donors (Lipinski definition) is 3. The van der Waals surface area contributed by atoms with Crippen molar-refractivity contribution in [3.8, 4) is 0 Å². The molecule has 3 N–H and O–H groups in total. The van der Waals surface area contributed by atoms with Gasteiger partial charge < -0.3 is 15.7 Å². The molecule has 5 nitrogen and oxygen atoms in total. The van der Waals surface area contributed by atoms with Gasteiger partial charge >= 0.3 is 5.97 Å². The fraction of sp³-hybridized carbons (Fsp3) is 0.920. The number of carboxylic acids is 1. The minimum atomic E-state index is -0.922. The van der Waals surface area contributed by atoms with Crippen molar-refractivity contribution in [2.45, 2.75) is 136 Å². The lowest BCUT2D eigenvalue weighted by molar-refractivity contribution is -0.139. The lowest BCUT2D eigenvalue weighted by Gasteiger charge is -2.13. The number of unbranched alkanes of at least 4 members (excludes halogenated alkanes) is 14. The lowest BCUT2D eigenvalue weighted by atomic mass is 10.0. The van der Waals surface area contributed by atoms with Crippen molar-refractivity contribution in [3.05, 3.63) is 0 Å². The maximum atomic E-state index is 11.8. The summed E-state index contributed by atoms with van der Waals surface area (Å²) in [6, 6.07) is -0.699. The van der Waals surface area contributed by atoms with Gasteiger partial charge in [0.05, 0.1) is 0 Å². The van der Waals surface area contributed by atoms with Crippen molar-refractivity contribution in [1.29, 1.82) is 0 Å². The lowest BCUT2D eigenvalue weighted by Crippen LogP contribution is -2.45. The molecule has 0 bridgehead atoms. The average molecular weight is 429 g/mol. The standard InChI is InChI=1S/C23H46N2O3.C2H6/c1-3-5-6-7-8-9-10-11-12-13-14-15-16-17-18-19-22(26)25-20-21(23(27)28)24-4-2;1-2/h21,24H,3-20H2,1-2H3,(H,25,26)(H,27,28);1-2H3. The van der Waals surface area contributed by atoms with Crippen LogP contribution in [0.4, 0.5) is 0 Å². The second-order valence-corrected chi connectivity index (χ2v) is 7.95. The van der Waals surface area contributed by atoms with E-state index in [9.17, 15) is 9.59 Å². The van der Waals surface area contributed by atoms with Crippen LogP contribution in [-0.4, -0.2) is 36.1 Å². The summed E-state index contributed by atoms with van der Waals surface area (Å²) in [5.74, 6) is -0.965. The summed E-state index contributed by atoms with van der Waals surface area (Å²) < 4.78 is 0. The van der Waals surface area contributed by atoms with E-state index >= 15 is 0 Å². The van der Waals surface area contributed by atoms with Crippen molar-refractivity contribution in [1.82, 2.24) is 10.6 Å². The second kappa shape index (κ2) is 25.9. The van der Waals surface area contributed by atoms with E-state index < -0.39 is 12.0 Å². The molecule has 0 heterocycles. The maximum absolute atomic E-state index is 11.8. The molecule has 0 rings (SSSR count). The predicted molar refractivity (Wildman–Crippen MR) is 129 cm³/mol. The molecule has 0 spiro atoms. The van der Waals surface area contributed by atoms with Gasteiger partial charge in [-0.1, -0.05) is 118 Å². The number of nitrogens with one attached hydrogen (secondary N) is 2. The van der Waals surface area contributed by atoms with Gasteiger partial charge in [-0.15, -0.1) is 0 Å². The third-order valence-corrected chi connectivity index (χ3v) is 5.26. The first-order valence-electron chi connectivity index (χ1n) is 12.8. The molecule has 0 aromatic heterocycles. The topological polar surface area (TPSA) is 78.4 Å². The predicted octanol–water partition coefficient (Wildman–Crippen LogP) is 6.45. The minimum absolute atomic E-state index is 0.0427. The van der Waals surface area contributed by atoms with Crippen LogP contribution >= 0.6 is 0 Å². The highest BCUT2D eigenvalue weighted by atomic mass is 16.4. The van der Waals surface area contributed by atoms with Crippen LogP contribution in [0.15, 0.2) is 0 Å². The Labute approximate surface area is 187 Å². The number of aliphatic carboxylic acids is 1. The van der Waals surface area contributed by atoms with Gasteiger partial charge in [0, 0.05) is 13.0 Å². The Morgan fingerprint density at radius 2 is 1.10 bits per heavy atom. The summed E-state index contributed by atoms with van der Waals surface area (Å²) in [6.07, 6.45) is 20.1. The van der Waals surface area contributed by atoms with Crippen LogP contribution in [0.2, 0.25) is 0 Å². The molecule has 0 aliphatic rings. The molecule has 0 saturated heterocycles. The molecule has 30 heavy (non-hydrogen) atoms. The summed E-state index contributed by atoms with van der Waals surface area (Å²) in [7, 11) is 0. The number of carbonyl (C=O) groups excluding carboxylic acids is 1. The quantitative estimate of drug-likeness (QED) is 0.183. The van der Waals surface area contributed by atoms with Crippen LogP contribution in [0.25, 0.3) is 0 Å². The van der Waals surface area contributed by atoms with Gasteiger partial charge in [-0.05, 0) is 13.0 Å². The molecular weight excluding hydrogens is 376 g/mol. The van der Waals surface area contributed by atoms with E-state index in [2.05, 4.69) is 17.6 Å². The molecule has 0 aliphatic heterocycles. The Hall–Kier alpha value is -1.10. The Morgan fingerprint density at radius 1 is 0.700 bits per heavy atom. The number of carboxylic acid groups (broad SMARTS) is 1. The SMILES string of the molecule is CC.CCCCCCCCCCCCCCCCCC(=O)NCC(NCC)C(=O)O. The fourth-order valence-electron chi connectivity index (χ4n) is 3.45. The van der Waals surface area contributed by atoms with E-state index in [1.54, 1.807) is 0 Å². The zero-order valence-electron chi connectivity index (χ0n) is 20.6. The molecular formula is C25H52N2O3. The molecule has 0 aromatic carbocycles. The van der Waals surface area contributed by atoms with Crippen molar-refractivity contribution >= 4 is 11.9 Å². The average Bonchev–Trinajstić information content (AvgIpc) is 2.75. The highest BCUT2D eigenvalue weighted by molar-refractivity contribution is 5.78. The molecule has 0 saturated carbocycles. The van der Waals surface area contributed by atoms with Crippen molar-refractivity contribution in [2.24, 2.45) is 0 Å². The monoisotopic (exact) mass is 428 g/mol. The summed E-state index contributed by atoms with van der Waals surface area (Å²) >= 11 is 0. The molecule has 1 amide bonds. The molecule has 0 aromatic rings. The van der Waals surface area contributed by atoms with Gasteiger partial charge in [-0.3, -0.25) is 9.59 Å². The van der Waals surface area contributed by atoms with E-state index in [1.165, 1.54) is 83.5 Å². The van der Waals surface area contributed by atoms with Gasteiger partial charge in [0.2, 0.25) is 5.91 Å². The van der Waals surface area contributed by atoms with Crippen LogP contribution in [0, 0.1) is 0 Å².